The molecule has 0 fully saturated rings. The van der Waals surface area contributed by atoms with Gasteiger partial charge in [0.15, 0.2) is 0 Å². The third-order valence-corrected chi connectivity index (χ3v) is 4.97. The highest BCUT2D eigenvalue weighted by molar-refractivity contribution is 7.86. The number of benzene rings is 3. The van der Waals surface area contributed by atoms with Crippen molar-refractivity contribution in [3.63, 3.8) is 0 Å². The van der Waals surface area contributed by atoms with Gasteiger partial charge in [-0.3, -0.25) is 4.18 Å². The average Bonchev–Trinajstić information content (AvgIpc) is 2.59. The topological polar surface area (TPSA) is 52.6 Å². The zero-order valence-electron chi connectivity index (χ0n) is 13.3. The van der Waals surface area contributed by atoms with Crippen molar-refractivity contribution in [2.24, 2.45) is 0 Å². The lowest BCUT2D eigenvalue weighted by Crippen LogP contribution is -2.13. The summed E-state index contributed by atoms with van der Waals surface area (Å²) in [5, 5.41) is 2.06. The fraction of sp³-hybridized carbons (Fsp3) is 0.158. The summed E-state index contributed by atoms with van der Waals surface area (Å²) in [6.07, 6.45) is 0. The highest BCUT2D eigenvalue weighted by Crippen LogP contribution is 2.25. The van der Waals surface area contributed by atoms with Gasteiger partial charge in [-0.15, -0.1) is 0 Å². The van der Waals surface area contributed by atoms with Gasteiger partial charge in [0.05, 0.1) is 4.90 Å². The molecular weight excluding hydrogens is 324 g/mol. The minimum atomic E-state index is -3.75. The lowest BCUT2D eigenvalue weighted by atomic mass is 10.1. The zero-order chi connectivity index (χ0) is 17.0. The van der Waals surface area contributed by atoms with Gasteiger partial charge in [-0.05, 0) is 30.5 Å². The fourth-order valence-corrected chi connectivity index (χ4v) is 3.28. The second-order valence-electron chi connectivity index (χ2n) is 5.41. The Bertz CT molecular complexity index is 926. The number of fused-ring (bicyclic) bond motifs is 1. The standard InChI is InChI=1S/C19H18O4S/c1-15-9-11-17(12-10-15)24(20,21)23-14-13-22-19-8-4-6-16-5-2-3-7-18(16)19/h2-12H,13-14H2,1H3. The van der Waals surface area contributed by atoms with E-state index in [0.717, 1.165) is 16.3 Å². The third-order valence-electron chi connectivity index (χ3n) is 3.64. The van der Waals surface area contributed by atoms with Crippen molar-refractivity contribution < 1.29 is 17.3 Å². The Morgan fingerprint density at radius 3 is 2.33 bits per heavy atom. The molecule has 0 bridgehead atoms. The van der Waals surface area contributed by atoms with Crippen LogP contribution in [0.2, 0.25) is 0 Å². The average molecular weight is 342 g/mol. The molecule has 0 spiro atoms. The predicted molar refractivity (Wildman–Crippen MR) is 93.8 cm³/mol. The Morgan fingerprint density at radius 1 is 0.833 bits per heavy atom. The van der Waals surface area contributed by atoms with Gasteiger partial charge in [-0.1, -0.05) is 54.1 Å². The Balaban J connectivity index is 1.61. The Morgan fingerprint density at radius 2 is 1.54 bits per heavy atom. The lowest BCUT2D eigenvalue weighted by molar-refractivity contribution is 0.222. The molecule has 0 unspecified atom stereocenters. The van der Waals surface area contributed by atoms with Crippen LogP contribution in [0.25, 0.3) is 10.8 Å². The van der Waals surface area contributed by atoms with E-state index in [9.17, 15) is 8.42 Å². The Labute approximate surface area is 141 Å². The largest absolute Gasteiger partial charge is 0.490 e. The van der Waals surface area contributed by atoms with Crippen LogP contribution in [0.4, 0.5) is 0 Å². The molecule has 0 saturated heterocycles. The van der Waals surface area contributed by atoms with E-state index in [1.807, 2.05) is 49.4 Å². The van der Waals surface area contributed by atoms with Gasteiger partial charge in [0.1, 0.15) is 19.0 Å². The minimum absolute atomic E-state index is 0.0422. The molecule has 3 aromatic rings. The molecular formula is C19H18O4S. The van der Waals surface area contributed by atoms with Gasteiger partial charge >= 0.3 is 0 Å². The fourth-order valence-electron chi connectivity index (χ4n) is 2.39. The number of hydrogen-bond donors (Lipinski definition) is 0. The van der Waals surface area contributed by atoms with Crippen LogP contribution in [0.15, 0.2) is 71.6 Å². The van der Waals surface area contributed by atoms with Gasteiger partial charge in [0.2, 0.25) is 0 Å². The number of hydrogen-bond acceptors (Lipinski definition) is 4. The molecule has 0 aromatic heterocycles. The van der Waals surface area contributed by atoms with Crippen LogP contribution < -0.4 is 4.74 Å². The van der Waals surface area contributed by atoms with Crippen molar-refractivity contribution in [1.29, 1.82) is 0 Å². The molecule has 3 aromatic carbocycles. The van der Waals surface area contributed by atoms with Crippen molar-refractivity contribution >= 4 is 20.9 Å². The van der Waals surface area contributed by atoms with Crippen LogP contribution >= 0.6 is 0 Å². The molecule has 0 N–H and O–H groups in total. The molecule has 3 rings (SSSR count). The summed E-state index contributed by atoms with van der Waals surface area (Å²) in [6.45, 7) is 2.01. The van der Waals surface area contributed by atoms with E-state index >= 15 is 0 Å². The molecule has 0 saturated carbocycles. The second kappa shape index (κ2) is 7.03. The van der Waals surface area contributed by atoms with Crippen LogP contribution in [-0.2, 0) is 14.3 Å². The maximum atomic E-state index is 12.1. The molecule has 0 aliphatic carbocycles. The molecule has 0 aliphatic rings. The number of ether oxygens (including phenoxy) is 1. The molecule has 5 heteroatoms. The monoisotopic (exact) mass is 342 g/mol. The van der Waals surface area contributed by atoms with Crippen molar-refractivity contribution in [2.75, 3.05) is 13.2 Å². The van der Waals surface area contributed by atoms with Crippen molar-refractivity contribution in [2.45, 2.75) is 11.8 Å². The van der Waals surface area contributed by atoms with E-state index in [0.29, 0.717) is 5.75 Å². The lowest BCUT2D eigenvalue weighted by Gasteiger charge is -2.10. The van der Waals surface area contributed by atoms with E-state index < -0.39 is 10.1 Å². The summed E-state index contributed by atoms with van der Waals surface area (Å²) in [6, 6.07) is 20.2. The predicted octanol–water partition coefficient (Wildman–Crippen LogP) is 3.93. The van der Waals surface area contributed by atoms with Crippen LogP contribution in [0.1, 0.15) is 5.56 Å². The van der Waals surface area contributed by atoms with Gasteiger partial charge < -0.3 is 4.74 Å². The quantitative estimate of drug-likeness (QED) is 0.503. The SMILES string of the molecule is Cc1ccc(S(=O)(=O)OCCOc2cccc3ccccc23)cc1. The molecule has 0 atom stereocenters. The maximum Gasteiger partial charge on any atom is 0.297 e. The summed E-state index contributed by atoms with van der Waals surface area (Å²) >= 11 is 0. The normalized spacial score (nSPS) is 11.5. The Kier molecular flexibility index (Phi) is 4.83. The van der Waals surface area contributed by atoms with E-state index in [-0.39, 0.29) is 18.1 Å². The van der Waals surface area contributed by atoms with E-state index in [2.05, 4.69) is 0 Å². The summed E-state index contributed by atoms with van der Waals surface area (Å²) in [5.74, 6) is 0.712. The second-order valence-corrected chi connectivity index (χ2v) is 7.03. The van der Waals surface area contributed by atoms with E-state index in [1.165, 1.54) is 12.1 Å². The zero-order valence-corrected chi connectivity index (χ0v) is 14.1. The van der Waals surface area contributed by atoms with Gasteiger partial charge in [0.25, 0.3) is 10.1 Å². The third kappa shape index (κ3) is 3.75. The first-order valence-corrected chi connectivity index (χ1v) is 9.04. The highest BCUT2D eigenvalue weighted by Gasteiger charge is 2.14. The summed E-state index contributed by atoms with van der Waals surface area (Å²) < 4.78 is 34.9. The molecule has 0 radical (unpaired) electrons. The van der Waals surface area contributed by atoms with Crippen LogP contribution in [0.5, 0.6) is 5.75 Å². The molecule has 4 nitrogen and oxygen atoms in total. The maximum absolute atomic E-state index is 12.1. The van der Waals surface area contributed by atoms with Gasteiger partial charge in [-0.2, -0.15) is 8.42 Å². The summed E-state index contributed by atoms with van der Waals surface area (Å²) in [4.78, 5) is 0.151. The first-order chi connectivity index (χ1) is 11.6. The van der Waals surface area contributed by atoms with Crippen molar-refractivity contribution in [3.8, 4) is 5.75 Å². The summed E-state index contributed by atoms with van der Waals surface area (Å²) in [7, 11) is -3.75. The number of rotatable bonds is 6. The van der Waals surface area contributed by atoms with Crippen molar-refractivity contribution in [1.82, 2.24) is 0 Å². The van der Waals surface area contributed by atoms with Crippen LogP contribution in [0.3, 0.4) is 0 Å². The number of aryl methyl sites for hydroxylation is 1. The van der Waals surface area contributed by atoms with Crippen LogP contribution in [0, 0.1) is 6.92 Å². The first-order valence-electron chi connectivity index (χ1n) is 7.63. The molecule has 0 aliphatic heterocycles. The molecule has 0 amide bonds. The minimum Gasteiger partial charge on any atom is -0.490 e. The highest BCUT2D eigenvalue weighted by atomic mass is 32.2. The first kappa shape index (κ1) is 16.5. The van der Waals surface area contributed by atoms with Crippen LogP contribution in [-0.4, -0.2) is 21.6 Å². The summed E-state index contributed by atoms with van der Waals surface area (Å²) in [5.41, 5.74) is 0.994. The molecule has 0 heterocycles. The molecule has 124 valence electrons. The van der Waals surface area contributed by atoms with E-state index in [4.69, 9.17) is 8.92 Å². The van der Waals surface area contributed by atoms with Gasteiger partial charge in [0, 0.05) is 5.39 Å². The smallest absolute Gasteiger partial charge is 0.297 e. The van der Waals surface area contributed by atoms with Crippen molar-refractivity contribution in [3.05, 3.63) is 72.3 Å². The Hall–Kier alpha value is -2.37. The van der Waals surface area contributed by atoms with Gasteiger partial charge in [-0.25, -0.2) is 0 Å². The van der Waals surface area contributed by atoms with E-state index in [1.54, 1.807) is 12.1 Å². The molecule has 24 heavy (non-hydrogen) atoms.